The highest BCUT2D eigenvalue weighted by Crippen LogP contribution is 2.15. The minimum absolute atomic E-state index is 0.0596. The van der Waals surface area contributed by atoms with Gasteiger partial charge in [-0.25, -0.2) is 4.98 Å². The van der Waals surface area contributed by atoms with Crippen LogP contribution < -0.4 is 10.6 Å². The lowest BCUT2D eigenvalue weighted by atomic mass is 9.96. The lowest BCUT2D eigenvalue weighted by molar-refractivity contribution is -0.128. The van der Waals surface area contributed by atoms with Gasteiger partial charge in [-0.3, -0.25) is 9.59 Å². The average molecular weight is 316 g/mol. The van der Waals surface area contributed by atoms with Gasteiger partial charge in [0.2, 0.25) is 11.8 Å². The summed E-state index contributed by atoms with van der Waals surface area (Å²) in [7, 11) is 0. The van der Waals surface area contributed by atoms with Crippen LogP contribution in [0, 0.1) is 5.41 Å². The number of para-hydroxylation sites is 2. The van der Waals surface area contributed by atoms with Crippen LogP contribution in [0.15, 0.2) is 24.3 Å². The van der Waals surface area contributed by atoms with Crippen molar-refractivity contribution in [3.8, 4) is 0 Å². The van der Waals surface area contributed by atoms with E-state index in [0.29, 0.717) is 6.54 Å². The standard InChI is InChI=1S/C17H24N4O2/c1-11(15-20-12-7-5-6-8-13(12)21-15)19-14(22)9-10-18-16(23)17(2,3)4/h5-8,11H,9-10H2,1-4H3,(H,18,23)(H,19,22)(H,20,21). The first kappa shape index (κ1) is 17.0. The van der Waals surface area contributed by atoms with Crippen LogP contribution in [0.4, 0.5) is 0 Å². The van der Waals surface area contributed by atoms with Crippen LogP contribution in [0.25, 0.3) is 11.0 Å². The summed E-state index contributed by atoms with van der Waals surface area (Å²) < 4.78 is 0. The van der Waals surface area contributed by atoms with Crippen molar-refractivity contribution in [1.82, 2.24) is 20.6 Å². The van der Waals surface area contributed by atoms with Crippen molar-refractivity contribution in [2.24, 2.45) is 5.41 Å². The van der Waals surface area contributed by atoms with E-state index >= 15 is 0 Å². The zero-order chi connectivity index (χ0) is 17.0. The number of nitrogens with one attached hydrogen (secondary N) is 3. The Labute approximate surface area is 136 Å². The van der Waals surface area contributed by atoms with Crippen LogP contribution in [-0.2, 0) is 9.59 Å². The molecule has 124 valence electrons. The molecule has 0 saturated heterocycles. The molecular formula is C17H24N4O2. The van der Waals surface area contributed by atoms with E-state index in [0.717, 1.165) is 16.9 Å². The molecule has 0 saturated carbocycles. The van der Waals surface area contributed by atoms with Gasteiger partial charge < -0.3 is 15.6 Å². The Morgan fingerprint density at radius 1 is 1.26 bits per heavy atom. The molecule has 1 heterocycles. The number of rotatable bonds is 5. The lowest BCUT2D eigenvalue weighted by Gasteiger charge is -2.17. The Hall–Kier alpha value is -2.37. The lowest BCUT2D eigenvalue weighted by Crippen LogP contribution is -2.37. The third-order valence-corrected chi connectivity index (χ3v) is 3.51. The topological polar surface area (TPSA) is 86.9 Å². The number of carbonyl (C=O) groups excluding carboxylic acids is 2. The highest BCUT2D eigenvalue weighted by Gasteiger charge is 2.21. The second-order valence-corrected chi connectivity index (χ2v) is 6.68. The van der Waals surface area contributed by atoms with Crippen molar-refractivity contribution in [3.05, 3.63) is 30.1 Å². The third-order valence-electron chi connectivity index (χ3n) is 3.51. The van der Waals surface area contributed by atoms with Crippen molar-refractivity contribution in [2.75, 3.05) is 6.54 Å². The maximum atomic E-state index is 12.0. The van der Waals surface area contributed by atoms with Gasteiger partial charge in [-0.05, 0) is 19.1 Å². The molecule has 23 heavy (non-hydrogen) atoms. The first-order chi connectivity index (χ1) is 10.8. The van der Waals surface area contributed by atoms with Crippen LogP contribution in [0.3, 0.4) is 0 Å². The van der Waals surface area contributed by atoms with E-state index in [4.69, 9.17) is 0 Å². The van der Waals surface area contributed by atoms with Crippen molar-refractivity contribution in [3.63, 3.8) is 0 Å². The van der Waals surface area contributed by atoms with Crippen LogP contribution in [-0.4, -0.2) is 28.3 Å². The number of carbonyl (C=O) groups is 2. The number of amides is 2. The number of H-pyrrole nitrogens is 1. The van der Waals surface area contributed by atoms with Gasteiger partial charge in [0.1, 0.15) is 5.82 Å². The predicted octanol–water partition coefficient (Wildman–Crippen LogP) is 2.29. The molecule has 1 aromatic heterocycles. The van der Waals surface area contributed by atoms with E-state index in [2.05, 4.69) is 20.6 Å². The van der Waals surface area contributed by atoms with Crippen molar-refractivity contribution < 1.29 is 9.59 Å². The number of hydrogen-bond donors (Lipinski definition) is 3. The molecule has 1 atom stereocenters. The molecule has 0 aliphatic rings. The summed E-state index contributed by atoms with van der Waals surface area (Å²) in [6, 6.07) is 7.52. The highest BCUT2D eigenvalue weighted by atomic mass is 16.2. The minimum atomic E-state index is -0.446. The van der Waals surface area contributed by atoms with E-state index in [-0.39, 0.29) is 24.3 Å². The Morgan fingerprint density at radius 2 is 1.96 bits per heavy atom. The van der Waals surface area contributed by atoms with E-state index in [1.54, 1.807) is 0 Å². The van der Waals surface area contributed by atoms with Gasteiger partial charge in [0.25, 0.3) is 0 Å². The first-order valence-corrected chi connectivity index (χ1v) is 7.79. The molecule has 1 aromatic carbocycles. The SMILES string of the molecule is CC(NC(=O)CCNC(=O)C(C)(C)C)c1nc2ccccc2[nH]1. The summed E-state index contributed by atoms with van der Waals surface area (Å²) in [6.45, 7) is 7.72. The Kier molecular flexibility index (Phi) is 5.03. The maximum Gasteiger partial charge on any atom is 0.225 e. The molecule has 2 amide bonds. The largest absolute Gasteiger partial charge is 0.355 e. The number of hydrogen-bond acceptors (Lipinski definition) is 3. The molecule has 6 heteroatoms. The van der Waals surface area contributed by atoms with Gasteiger partial charge in [-0.2, -0.15) is 0 Å². The molecule has 0 aliphatic heterocycles. The molecule has 2 aromatic rings. The summed E-state index contributed by atoms with van der Waals surface area (Å²) in [5, 5.41) is 5.65. The van der Waals surface area contributed by atoms with E-state index in [1.807, 2.05) is 52.0 Å². The molecule has 0 spiro atoms. The molecule has 0 bridgehead atoms. The molecule has 1 unspecified atom stereocenters. The number of aromatic amines is 1. The second kappa shape index (κ2) is 6.81. The molecule has 3 N–H and O–H groups in total. The quantitative estimate of drug-likeness (QED) is 0.791. The van der Waals surface area contributed by atoms with Crippen molar-refractivity contribution in [2.45, 2.75) is 40.2 Å². The fraction of sp³-hybridized carbons (Fsp3) is 0.471. The Balaban J connectivity index is 1.84. The highest BCUT2D eigenvalue weighted by molar-refractivity contribution is 5.82. The molecule has 6 nitrogen and oxygen atoms in total. The summed E-state index contributed by atoms with van der Waals surface area (Å²) in [4.78, 5) is 31.4. The molecule has 0 aliphatic carbocycles. The number of aromatic nitrogens is 2. The number of fused-ring (bicyclic) bond motifs is 1. The molecule has 0 fully saturated rings. The van der Waals surface area contributed by atoms with Crippen molar-refractivity contribution >= 4 is 22.8 Å². The van der Waals surface area contributed by atoms with Gasteiger partial charge >= 0.3 is 0 Å². The number of benzene rings is 1. The smallest absolute Gasteiger partial charge is 0.225 e. The Bertz CT molecular complexity index is 667. The van der Waals surface area contributed by atoms with Gasteiger partial charge in [0, 0.05) is 18.4 Å². The third kappa shape index (κ3) is 4.55. The summed E-state index contributed by atoms with van der Waals surface area (Å²) >= 11 is 0. The predicted molar refractivity (Wildman–Crippen MR) is 89.7 cm³/mol. The van der Waals surface area contributed by atoms with E-state index in [9.17, 15) is 9.59 Å². The van der Waals surface area contributed by atoms with Crippen LogP contribution in [0.1, 0.15) is 46.0 Å². The fourth-order valence-corrected chi connectivity index (χ4v) is 2.11. The molecule has 2 rings (SSSR count). The van der Waals surface area contributed by atoms with E-state index in [1.165, 1.54) is 0 Å². The maximum absolute atomic E-state index is 12.0. The van der Waals surface area contributed by atoms with Gasteiger partial charge in [0.05, 0.1) is 17.1 Å². The number of nitrogens with zero attached hydrogens (tertiary/aromatic N) is 1. The summed E-state index contributed by atoms with van der Waals surface area (Å²) in [5.74, 6) is 0.543. The zero-order valence-corrected chi connectivity index (χ0v) is 14.1. The van der Waals surface area contributed by atoms with Crippen LogP contribution in [0.2, 0.25) is 0 Å². The Morgan fingerprint density at radius 3 is 2.61 bits per heavy atom. The fourth-order valence-electron chi connectivity index (χ4n) is 2.11. The van der Waals surface area contributed by atoms with Gasteiger partial charge in [0.15, 0.2) is 0 Å². The molecule has 0 radical (unpaired) electrons. The monoisotopic (exact) mass is 316 g/mol. The number of imidazole rings is 1. The summed E-state index contributed by atoms with van der Waals surface area (Å²) in [5.41, 5.74) is 1.37. The summed E-state index contributed by atoms with van der Waals surface area (Å²) in [6.07, 6.45) is 0.242. The minimum Gasteiger partial charge on any atom is -0.355 e. The second-order valence-electron chi connectivity index (χ2n) is 6.68. The average Bonchev–Trinajstić information content (AvgIpc) is 2.90. The van der Waals surface area contributed by atoms with E-state index < -0.39 is 5.41 Å². The van der Waals surface area contributed by atoms with Crippen LogP contribution in [0.5, 0.6) is 0 Å². The first-order valence-electron chi connectivity index (χ1n) is 7.79. The normalized spacial score (nSPS) is 12.9. The van der Waals surface area contributed by atoms with Crippen molar-refractivity contribution in [1.29, 1.82) is 0 Å². The van der Waals surface area contributed by atoms with Gasteiger partial charge in [-0.1, -0.05) is 32.9 Å². The van der Waals surface area contributed by atoms with Crippen LogP contribution >= 0.6 is 0 Å². The molecular weight excluding hydrogens is 292 g/mol. The van der Waals surface area contributed by atoms with Gasteiger partial charge in [-0.15, -0.1) is 0 Å². The zero-order valence-electron chi connectivity index (χ0n) is 14.1.